The zero-order valence-electron chi connectivity index (χ0n) is 14.9. The largest absolute Gasteiger partial charge is 0.383 e. The van der Waals surface area contributed by atoms with Crippen LogP contribution < -0.4 is 5.32 Å². The number of aryl methyl sites for hydroxylation is 1. The van der Waals surface area contributed by atoms with E-state index in [9.17, 15) is 18.3 Å². The van der Waals surface area contributed by atoms with Gasteiger partial charge in [0.05, 0.1) is 4.90 Å². The zero-order valence-corrected chi connectivity index (χ0v) is 15.7. The Balaban J connectivity index is 1.66. The molecule has 0 fully saturated rings. The number of carbonyl (C=O) groups excluding carboxylic acids is 1. The van der Waals surface area contributed by atoms with Crippen molar-refractivity contribution in [2.24, 2.45) is 0 Å². The third-order valence-corrected chi connectivity index (χ3v) is 5.93. The van der Waals surface area contributed by atoms with E-state index in [1.807, 2.05) is 49.4 Å². The second-order valence-corrected chi connectivity index (χ2v) is 8.46. The Kier molecular flexibility index (Phi) is 5.58. The maximum atomic E-state index is 12.3. The summed E-state index contributed by atoms with van der Waals surface area (Å²) in [6.07, 6.45) is -1.22. The molecule has 0 aliphatic heterocycles. The van der Waals surface area contributed by atoms with Crippen molar-refractivity contribution in [2.45, 2.75) is 24.3 Å². The number of hydrogen-bond donors (Lipinski definition) is 2. The van der Waals surface area contributed by atoms with Gasteiger partial charge in [-0.1, -0.05) is 60.2 Å². The fourth-order valence-electron chi connectivity index (χ4n) is 2.88. The minimum atomic E-state index is -3.66. The second-order valence-electron chi connectivity index (χ2n) is 6.47. The van der Waals surface area contributed by atoms with Gasteiger partial charge in [-0.25, -0.2) is 8.42 Å². The van der Waals surface area contributed by atoms with Crippen LogP contribution in [0.2, 0.25) is 0 Å². The molecule has 6 heteroatoms. The molecule has 2 N–H and O–H groups in total. The summed E-state index contributed by atoms with van der Waals surface area (Å²) in [6.45, 7) is 1.86. The lowest BCUT2D eigenvalue weighted by molar-refractivity contribution is -0.128. The minimum Gasteiger partial charge on any atom is -0.383 e. The first-order chi connectivity index (χ1) is 12.9. The summed E-state index contributed by atoms with van der Waals surface area (Å²) in [6, 6.07) is 19.8. The average molecular weight is 383 g/mol. The number of nitrogens with one attached hydrogen (secondary N) is 1. The van der Waals surface area contributed by atoms with Crippen molar-refractivity contribution in [1.29, 1.82) is 0 Å². The predicted molar refractivity (Wildman–Crippen MR) is 105 cm³/mol. The minimum absolute atomic E-state index is 0.109. The smallest absolute Gasteiger partial charge is 0.250 e. The molecule has 27 heavy (non-hydrogen) atoms. The van der Waals surface area contributed by atoms with Crippen LogP contribution >= 0.6 is 0 Å². The van der Waals surface area contributed by atoms with Crippen LogP contribution in [0.5, 0.6) is 0 Å². The van der Waals surface area contributed by atoms with Gasteiger partial charge in [-0.15, -0.1) is 0 Å². The molecule has 0 bridgehead atoms. The van der Waals surface area contributed by atoms with Crippen molar-refractivity contribution in [3.63, 3.8) is 0 Å². The SMILES string of the molecule is Cc1ccc(S(=O)(=O)CNC(=O)C(O)Cc2cccc3ccccc23)cc1. The van der Waals surface area contributed by atoms with Gasteiger partial charge in [0.15, 0.2) is 9.84 Å². The molecule has 0 heterocycles. The first kappa shape index (κ1) is 19.1. The second kappa shape index (κ2) is 7.90. The Bertz CT molecular complexity index is 1050. The number of rotatable bonds is 6. The van der Waals surface area contributed by atoms with E-state index in [0.29, 0.717) is 0 Å². The maximum Gasteiger partial charge on any atom is 0.250 e. The highest BCUT2D eigenvalue weighted by molar-refractivity contribution is 7.91. The molecular weight excluding hydrogens is 362 g/mol. The highest BCUT2D eigenvalue weighted by atomic mass is 32.2. The molecule has 0 spiro atoms. The molecule has 3 aromatic rings. The Hall–Kier alpha value is -2.70. The number of benzene rings is 3. The van der Waals surface area contributed by atoms with E-state index in [1.54, 1.807) is 12.1 Å². The molecule has 5 nitrogen and oxygen atoms in total. The van der Waals surface area contributed by atoms with Gasteiger partial charge in [-0.3, -0.25) is 4.79 Å². The van der Waals surface area contributed by atoms with E-state index in [4.69, 9.17) is 0 Å². The van der Waals surface area contributed by atoms with Crippen LogP contribution in [0.1, 0.15) is 11.1 Å². The molecule has 0 radical (unpaired) electrons. The van der Waals surface area contributed by atoms with E-state index >= 15 is 0 Å². The van der Waals surface area contributed by atoms with Gasteiger partial charge in [-0.2, -0.15) is 0 Å². The first-order valence-corrected chi connectivity index (χ1v) is 10.2. The van der Waals surface area contributed by atoms with Crippen molar-refractivity contribution in [1.82, 2.24) is 5.32 Å². The van der Waals surface area contributed by atoms with E-state index < -0.39 is 27.7 Å². The molecule has 0 aromatic heterocycles. The summed E-state index contributed by atoms with van der Waals surface area (Å²) in [5.74, 6) is -1.26. The fourth-order valence-corrected chi connectivity index (χ4v) is 3.93. The fraction of sp³-hybridized carbons (Fsp3) is 0.190. The van der Waals surface area contributed by atoms with Crippen molar-refractivity contribution < 1.29 is 18.3 Å². The van der Waals surface area contributed by atoms with Crippen molar-refractivity contribution in [3.8, 4) is 0 Å². The lowest BCUT2D eigenvalue weighted by Gasteiger charge is -2.13. The van der Waals surface area contributed by atoms with Gasteiger partial charge in [0.1, 0.15) is 12.0 Å². The summed E-state index contributed by atoms with van der Waals surface area (Å²) in [5, 5.41) is 14.5. The number of fused-ring (bicyclic) bond motifs is 1. The molecule has 0 aliphatic rings. The number of amides is 1. The molecule has 0 saturated heterocycles. The van der Waals surface area contributed by atoms with Crippen molar-refractivity contribution in [2.75, 3.05) is 5.88 Å². The predicted octanol–water partition coefficient (Wildman–Crippen LogP) is 2.60. The van der Waals surface area contributed by atoms with Crippen LogP contribution in [0.4, 0.5) is 0 Å². The third kappa shape index (κ3) is 4.53. The topological polar surface area (TPSA) is 83.5 Å². The van der Waals surface area contributed by atoms with Gasteiger partial charge in [0, 0.05) is 6.42 Å². The Morgan fingerprint density at radius 3 is 2.41 bits per heavy atom. The van der Waals surface area contributed by atoms with Crippen LogP contribution in [-0.2, 0) is 21.1 Å². The molecule has 1 unspecified atom stereocenters. The quantitative estimate of drug-likeness (QED) is 0.685. The van der Waals surface area contributed by atoms with Crippen molar-refractivity contribution in [3.05, 3.63) is 77.9 Å². The Labute approximate surface area is 158 Å². The molecule has 3 aromatic carbocycles. The monoisotopic (exact) mass is 383 g/mol. The van der Waals surface area contributed by atoms with Crippen LogP contribution in [-0.4, -0.2) is 31.4 Å². The number of carbonyl (C=O) groups is 1. The van der Waals surface area contributed by atoms with Gasteiger partial charge in [0.2, 0.25) is 5.91 Å². The summed E-state index contributed by atoms with van der Waals surface area (Å²) < 4.78 is 24.6. The zero-order chi connectivity index (χ0) is 19.4. The molecular formula is C21H21NO4S. The Morgan fingerprint density at radius 1 is 1.00 bits per heavy atom. The highest BCUT2D eigenvalue weighted by Gasteiger charge is 2.20. The van der Waals surface area contributed by atoms with E-state index in [1.165, 1.54) is 12.1 Å². The van der Waals surface area contributed by atoms with Gasteiger partial charge < -0.3 is 10.4 Å². The van der Waals surface area contributed by atoms with E-state index in [-0.39, 0.29) is 11.3 Å². The summed E-state index contributed by atoms with van der Waals surface area (Å²) in [4.78, 5) is 12.3. The van der Waals surface area contributed by atoms with Crippen LogP contribution in [0.15, 0.2) is 71.6 Å². The first-order valence-electron chi connectivity index (χ1n) is 8.59. The number of aliphatic hydroxyl groups is 1. The normalized spacial score (nSPS) is 12.7. The van der Waals surface area contributed by atoms with E-state index in [2.05, 4.69) is 5.32 Å². The Morgan fingerprint density at radius 2 is 1.67 bits per heavy atom. The van der Waals surface area contributed by atoms with Gasteiger partial charge >= 0.3 is 0 Å². The number of hydrogen-bond acceptors (Lipinski definition) is 4. The molecule has 0 aliphatic carbocycles. The molecule has 3 rings (SSSR count). The summed E-state index contributed by atoms with van der Waals surface area (Å²) in [5.41, 5.74) is 1.78. The van der Waals surface area contributed by atoms with Crippen LogP contribution in [0, 0.1) is 6.92 Å². The molecule has 1 amide bonds. The maximum absolute atomic E-state index is 12.3. The standard InChI is InChI=1S/C21H21NO4S/c1-15-9-11-18(12-10-15)27(25,26)14-22-21(24)20(23)13-17-7-4-6-16-5-2-3-8-19(16)17/h2-12,20,23H,13-14H2,1H3,(H,22,24). The van der Waals surface area contributed by atoms with Crippen molar-refractivity contribution >= 4 is 26.5 Å². The van der Waals surface area contributed by atoms with Gasteiger partial charge in [-0.05, 0) is 35.4 Å². The lowest BCUT2D eigenvalue weighted by Crippen LogP contribution is -2.38. The van der Waals surface area contributed by atoms with Crippen LogP contribution in [0.3, 0.4) is 0 Å². The third-order valence-electron chi connectivity index (χ3n) is 4.41. The molecule has 140 valence electrons. The highest BCUT2D eigenvalue weighted by Crippen LogP contribution is 2.20. The lowest BCUT2D eigenvalue weighted by atomic mass is 10.00. The molecule has 1 atom stereocenters. The molecule has 0 saturated carbocycles. The van der Waals surface area contributed by atoms with Crippen LogP contribution in [0.25, 0.3) is 10.8 Å². The van der Waals surface area contributed by atoms with E-state index in [0.717, 1.165) is 21.9 Å². The summed E-state index contributed by atoms with van der Waals surface area (Å²) >= 11 is 0. The summed E-state index contributed by atoms with van der Waals surface area (Å²) in [7, 11) is -3.66. The number of sulfone groups is 1. The van der Waals surface area contributed by atoms with Gasteiger partial charge in [0.25, 0.3) is 0 Å². The average Bonchev–Trinajstić information content (AvgIpc) is 2.67. The number of aliphatic hydroxyl groups excluding tert-OH is 1.